The lowest BCUT2D eigenvalue weighted by Crippen LogP contribution is -2.29. The van der Waals surface area contributed by atoms with E-state index in [9.17, 15) is 9.59 Å². The summed E-state index contributed by atoms with van der Waals surface area (Å²) < 4.78 is 6.97. The van der Waals surface area contributed by atoms with Gasteiger partial charge in [-0.2, -0.15) is 0 Å². The molecular weight excluding hydrogens is 412 g/mol. The third-order valence-electron chi connectivity index (χ3n) is 5.97. The Morgan fingerprint density at radius 1 is 0.970 bits per heavy atom. The predicted octanol–water partition coefficient (Wildman–Crippen LogP) is 5.69. The van der Waals surface area contributed by atoms with Crippen molar-refractivity contribution >= 4 is 11.5 Å². The SMILES string of the molecule is CCCN(CCC)Cc1cc(C(=O)OCC)c(=O)n2c(-c3c(C)cc(C)cc3C)cccc12. The minimum absolute atomic E-state index is 0.0900. The monoisotopic (exact) mass is 448 g/mol. The van der Waals surface area contributed by atoms with Crippen molar-refractivity contribution < 1.29 is 9.53 Å². The van der Waals surface area contributed by atoms with Gasteiger partial charge in [-0.1, -0.05) is 37.6 Å². The van der Waals surface area contributed by atoms with E-state index in [1.165, 1.54) is 5.56 Å². The Kier molecular flexibility index (Phi) is 8.09. The van der Waals surface area contributed by atoms with Crippen LogP contribution in [0.5, 0.6) is 0 Å². The molecule has 5 nitrogen and oxygen atoms in total. The number of ether oxygens (including phenoxy) is 1. The Balaban J connectivity index is 2.35. The van der Waals surface area contributed by atoms with E-state index in [0.29, 0.717) is 6.54 Å². The summed E-state index contributed by atoms with van der Waals surface area (Å²) in [5.74, 6) is -0.567. The summed E-state index contributed by atoms with van der Waals surface area (Å²) in [6, 6.07) is 11.9. The molecular formula is C28H36N2O3. The zero-order valence-electron chi connectivity index (χ0n) is 20.8. The summed E-state index contributed by atoms with van der Waals surface area (Å²) in [7, 11) is 0. The summed E-state index contributed by atoms with van der Waals surface area (Å²) in [5, 5.41) is 0. The maximum absolute atomic E-state index is 13.7. The van der Waals surface area contributed by atoms with Crippen LogP contribution in [0.1, 0.15) is 66.2 Å². The van der Waals surface area contributed by atoms with Crippen LogP contribution >= 0.6 is 0 Å². The Hall–Kier alpha value is -2.92. The molecule has 2 heterocycles. The van der Waals surface area contributed by atoms with Crippen LogP contribution < -0.4 is 5.56 Å². The maximum atomic E-state index is 13.7. The van der Waals surface area contributed by atoms with Gasteiger partial charge >= 0.3 is 5.97 Å². The molecule has 5 heteroatoms. The summed E-state index contributed by atoms with van der Waals surface area (Å²) in [5.41, 5.74) is 6.78. The van der Waals surface area contributed by atoms with E-state index in [2.05, 4.69) is 51.7 Å². The second kappa shape index (κ2) is 10.8. The number of esters is 1. The fourth-order valence-electron chi connectivity index (χ4n) is 4.81. The molecule has 33 heavy (non-hydrogen) atoms. The number of rotatable bonds is 9. The topological polar surface area (TPSA) is 51.0 Å². The third-order valence-corrected chi connectivity index (χ3v) is 5.97. The predicted molar refractivity (Wildman–Crippen MR) is 135 cm³/mol. The molecule has 0 fully saturated rings. The lowest BCUT2D eigenvalue weighted by atomic mass is 9.96. The van der Waals surface area contributed by atoms with E-state index in [1.807, 2.05) is 18.2 Å². The van der Waals surface area contributed by atoms with Gasteiger partial charge in [-0.15, -0.1) is 0 Å². The van der Waals surface area contributed by atoms with Gasteiger partial charge in [0, 0.05) is 12.1 Å². The number of pyridine rings is 2. The van der Waals surface area contributed by atoms with Gasteiger partial charge in [0.05, 0.1) is 17.8 Å². The van der Waals surface area contributed by atoms with Gasteiger partial charge < -0.3 is 4.74 Å². The molecule has 0 aliphatic rings. The molecule has 3 aromatic rings. The van der Waals surface area contributed by atoms with Crippen molar-refractivity contribution in [2.45, 2.75) is 60.9 Å². The number of aromatic nitrogens is 1. The van der Waals surface area contributed by atoms with Crippen molar-refractivity contribution in [2.75, 3.05) is 19.7 Å². The molecule has 0 unspecified atom stereocenters. The standard InChI is InChI=1S/C28H36N2O3/c1-7-13-29(14-8-2)18-22-17-23(28(32)33-9-3)27(31)30-24(22)11-10-12-25(30)26-20(5)15-19(4)16-21(26)6/h10-12,15-17H,7-9,13-14,18H2,1-6H3. The van der Waals surface area contributed by atoms with Crippen LogP contribution in [0, 0.1) is 20.8 Å². The molecule has 0 N–H and O–H groups in total. The van der Waals surface area contributed by atoms with Gasteiger partial charge in [-0.05, 0) is 88.5 Å². The number of benzene rings is 1. The van der Waals surface area contributed by atoms with Crippen LogP contribution in [0.2, 0.25) is 0 Å². The Bertz CT molecular complexity index is 1180. The number of carbonyl (C=O) groups is 1. The van der Waals surface area contributed by atoms with Gasteiger partial charge in [0.2, 0.25) is 0 Å². The van der Waals surface area contributed by atoms with Crippen LogP contribution in [-0.4, -0.2) is 35.0 Å². The number of fused-ring (bicyclic) bond motifs is 1. The van der Waals surface area contributed by atoms with Gasteiger partial charge in [-0.25, -0.2) is 4.79 Å². The smallest absolute Gasteiger partial charge is 0.343 e. The zero-order valence-corrected chi connectivity index (χ0v) is 20.8. The lowest BCUT2D eigenvalue weighted by molar-refractivity contribution is 0.0524. The van der Waals surface area contributed by atoms with E-state index in [-0.39, 0.29) is 17.7 Å². The highest BCUT2D eigenvalue weighted by atomic mass is 16.5. The highest BCUT2D eigenvalue weighted by Gasteiger charge is 2.21. The van der Waals surface area contributed by atoms with Crippen molar-refractivity contribution in [3.63, 3.8) is 0 Å². The molecule has 3 rings (SSSR count). The fourth-order valence-corrected chi connectivity index (χ4v) is 4.81. The molecule has 176 valence electrons. The lowest BCUT2D eigenvalue weighted by Gasteiger charge is -2.23. The van der Waals surface area contributed by atoms with Crippen LogP contribution in [-0.2, 0) is 11.3 Å². The summed E-state index contributed by atoms with van der Waals surface area (Å²) in [6.07, 6.45) is 2.09. The van der Waals surface area contributed by atoms with Crippen LogP contribution in [0.4, 0.5) is 0 Å². The zero-order chi connectivity index (χ0) is 24.1. The van der Waals surface area contributed by atoms with Crippen LogP contribution in [0.15, 0.2) is 41.2 Å². The molecule has 0 radical (unpaired) electrons. The van der Waals surface area contributed by atoms with Crippen molar-refractivity contribution in [3.05, 3.63) is 74.6 Å². The number of hydrogen-bond acceptors (Lipinski definition) is 4. The number of nitrogens with zero attached hydrogens (tertiary/aromatic N) is 2. The summed E-state index contributed by atoms with van der Waals surface area (Å²) >= 11 is 0. The second-order valence-electron chi connectivity index (χ2n) is 8.79. The Labute approximate surface area is 197 Å². The normalized spacial score (nSPS) is 11.4. The van der Waals surface area contributed by atoms with Crippen molar-refractivity contribution in [3.8, 4) is 11.3 Å². The molecule has 0 saturated carbocycles. The quantitative estimate of drug-likeness (QED) is 0.395. The third kappa shape index (κ3) is 5.19. The van der Waals surface area contributed by atoms with Gasteiger partial charge in [0.1, 0.15) is 5.56 Å². The average molecular weight is 449 g/mol. The van der Waals surface area contributed by atoms with Gasteiger partial charge in [0.25, 0.3) is 5.56 Å². The Morgan fingerprint density at radius 2 is 1.61 bits per heavy atom. The average Bonchev–Trinajstić information content (AvgIpc) is 2.75. The fraction of sp³-hybridized carbons (Fsp3) is 0.429. The first-order valence-electron chi connectivity index (χ1n) is 12.0. The molecule has 0 saturated heterocycles. The summed E-state index contributed by atoms with van der Waals surface area (Å²) in [4.78, 5) is 28.8. The van der Waals surface area contributed by atoms with E-state index in [1.54, 1.807) is 17.4 Å². The number of carbonyl (C=O) groups excluding carboxylic acids is 1. The van der Waals surface area contributed by atoms with Crippen LogP contribution in [0.3, 0.4) is 0 Å². The Morgan fingerprint density at radius 3 is 2.18 bits per heavy atom. The molecule has 0 bridgehead atoms. The van der Waals surface area contributed by atoms with Gasteiger partial charge in [-0.3, -0.25) is 14.1 Å². The summed E-state index contributed by atoms with van der Waals surface area (Å²) in [6.45, 7) is 15.1. The molecule has 0 aliphatic carbocycles. The highest BCUT2D eigenvalue weighted by molar-refractivity contribution is 5.90. The first-order valence-corrected chi connectivity index (χ1v) is 12.0. The molecule has 2 aromatic heterocycles. The second-order valence-corrected chi connectivity index (χ2v) is 8.79. The van der Waals surface area contributed by atoms with Gasteiger partial charge in [0.15, 0.2) is 0 Å². The first kappa shape index (κ1) is 24.7. The number of hydrogen-bond donors (Lipinski definition) is 0. The van der Waals surface area contributed by atoms with Crippen molar-refractivity contribution in [1.82, 2.24) is 9.30 Å². The molecule has 1 aromatic carbocycles. The molecule has 0 amide bonds. The minimum Gasteiger partial charge on any atom is -0.462 e. The van der Waals surface area contributed by atoms with E-state index >= 15 is 0 Å². The van der Waals surface area contributed by atoms with Crippen molar-refractivity contribution in [2.24, 2.45) is 0 Å². The molecule has 0 aliphatic heterocycles. The molecule has 0 atom stereocenters. The number of aryl methyl sites for hydroxylation is 3. The minimum atomic E-state index is -0.567. The largest absolute Gasteiger partial charge is 0.462 e. The van der Waals surface area contributed by atoms with E-state index in [0.717, 1.165) is 59.4 Å². The van der Waals surface area contributed by atoms with Crippen molar-refractivity contribution in [1.29, 1.82) is 0 Å². The highest BCUT2D eigenvalue weighted by Crippen LogP contribution is 2.29. The maximum Gasteiger partial charge on any atom is 0.343 e. The first-order chi connectivity index (χ1) is 15.8. The van der Waals surface area contributed by atoms with E-state index in [4.69, 9.17) is 4.74 Å². The van der Waals surface area contributed by atoms with E-state index < -0.39 is 5.97 Å². The van der Waals surface area contributed by atoms with Crippen LogP contribution in [0.25, 0.3) is 16.8 Å². The molecule has 0 spiro atoms.